The maximum Gasteiger partial charge on any atom is 0.120 e. The second kappa shape index (κ2) is 3.84. The van der Waals surface area contributed by atoms with Crippen molar-refractivity contribution in [3.8, 4) is 5.75 Å². The highest BCUT2D eigenvalue weighted by Crippen LogP contribution is 2.30. The van der Waals surface area contributed by atoms with Gasteiger partial charge >= 0.3 is 0 Å². The van der Waals surface area contributed by atoms with Crippen molar-refractivity contribution in [3.63, 3.8) is 0 Å². The van der Waals surface area contributed by atoms with Crippen LogP contribution in [0, 0.1) is 0 Å². The Morgan fingerprint density at radius 1 is 1.50 bits per heavy atom. The number of hydrogen-bond acceptors (Lipinski definition) is 2. The van der Waals surface area contributed by atoms with E-state index in [1.54, 1.807) is 12.1 Å². The first-order valence-electron chi connectivity index (χ1n) is 5.00. The number of hydrogen-bond donors (Lipinski definition) is 2. The second-order valence-corrected chi connectivity index (χ2v) is 3.67. The van der Waals surface area contributed by atoms with Crippen LogP contribution < -0.4 is 5.32 Å². The van der Waals surface area contributed by atoms with Crippen molar-refractivity contribution in [2.45, 2.75) is 18.9 Å². The minimum Gasteiger partial charge on any atom is -0.508 e. The first kappa shape index (κ1) is 9.28. The number of phenols is 1. The summed E-state index contributed by atoms with van der Waals surface area (Å²) in [6.07, 6.45) is 4.09. The highest BCUT2D eigenvalue weighted by molar-refractivity contribution is 5.52. The molecule has 0 radical (unpaired) electrons. The van der Waals surface area contributed by atoms with Gasteiger partial charge in [0.15, 0.2) is 0 Å². The minimum absolute atomic E-state index is 0.315. The Morgan fingerprint density at radius 2 is 2.36 bits per heavy atom. The molecule has 0 spiro atoms. The van der Waals surface area contributed by atoms with Gasteiger partial charge < -0.3 is 10.4 Å². The molecule has 1 saturated heterocycles. The quantitative estimate of drug-likeness (QED) is 0.749. The molecule has 2 rings (SSSR count). The number of nitrogens with one attached hydrogen (secondary N) is 1. The predicted octanol–water partition coefficient (Wildman–Crippen LogP) is 2.46. The molecule has 14 heavy (non-hydrogen) atoms. The van der Waals surface area contributed by atoms with Crippen molar-refractivity contribution < 1.29 is 5.11 Å². The molecule has 0 unspecified atom stereocenters. The van der Waals surface area contributed by atoms with Crippen molar-refractivity contribution in [3.05, 3.63) is 35.9 Å². The zero-order chi connectivity index (χ0) is 9.97. The standard InChI is InChI=1S/C12H15NO/c1-2-9-5-6-12(14)10(8-9)11-4-3-7-13-11/h2,5-6,8,11,13-14H,1,3-4,7H2/t11-/m0/s1. The number of aromatic hydroxyl groups is 1. The average Bonchev–Trinajstić information content (AvgIpc) is 2.71. The monoisotopic (exact) mass is 189 g/mol. The lowest BCUT2D eigenvalue weighted by atomic mass is 10.0. The van der Waals surface area contributed by atoms with Gasteiger partial charge in [0, 0.05) is 11.6 Å². The maximum absolute atomic E-state index is 9.72. The van der Waals surface area contributed by atoms with Crippen LogP contribution in [-0.2, 0) is 0 Å². The normalized spacial score (nSPS) is 21.0. The molecule has 2 nitrogen and oxygen atoms in total. The van der Waals surface area contributed by atoms with Gasteiger partial charge in [-0.15, -0.1) is 0 Å². The summed E-state index contributed by atoms with van der Waals surface area (Å²) >= 11 is 0. The number of benzene rings is 1. The van der Waals surface area contributed by atoms with Crippen LogP contribution in [0.5, 0.6) is 5.75 Å². The van der Waals surface area contributed by atoms with E-state index in [0.29, 0.717) is 11.8 Å². The Bertz CT molecular complexity index is 340. The third-order valence-electron chi connectivity index (χ3n) is 2.72. The molecule has 1 aromatic carbocycles. The second-order valence-electron chi connectivity index (χ2n) is 3.67. The number of phenolic OH excluding ortho intramolecular Hbond substituents is 1. The van der Waals surface area contributed by atoms with E-state index < -0.39 is 0 Å². The molecule has 2 N–H and O–H groups in total. The fraction of sp³-hybridized carbons (Fsp3) is 0.333. The van der Waals surface area contributed by atoms with Crippen molar-refractivity contribution in [2.24, 2.45) is 0 Å². The molecule has 0 saturated carbocycles. The lowest BCUT2D eigenvalue weighted by Gasteiger charge is -2.13. The Balaban J connectivity index is 2.34. The van der Waals surface area contributed by atoms with Gasteiger partial charge in [-0.25, -0.2) is 0 Å². The van der Waals surface area contributed by atoms with Gasteiger partial charge in [0.25, 0.3) is 0 Å². The highest BCUT2D eigenvalue weighted by atomic mass is 16.3. The predicted molar refractivity (Wildman–Crippen MR) is 58.2 cm³/mol. The lowest BCUT2D eigenvalue weighted by Crippen LogP contribution is -2.12. The Hall–Kier alpha value is -1.28. The van der Waals surface area contributed by atoms with Crippen LogP contribution in [0.4, 0.5) is 0 Å². The summed E-state index contributed by atoms with van der Waals surface area (Å²) in [5.41, 5.74) is 2.06. The van der Waals surface area contributed by atoms with Crippen molar-refractivity contribution in [1.82, 2.24) is 5.32 Å². The minimum atomic E-state index is 0.315. The molecule has 1 fully saturated rings. The Labute approximate surface area is 84.3 Å². The largest absolute Gasteiger partial charge is 0.508 e. The van der Waals surface area contributed by atoms with E-state index in [2.05, 4.69) is 11.9 Å². The van der Waals surface area contributed by atoms with Gasteiger partial charge in [-0.1, -0.05) is 18.7 Å². The zero-order valence-corrected chi connectivity index (χ0v) is 8.16. The first-order chi connectivity index (χ1) is 6.81. The molecule has 1 aromatic rings. The SMILES string of the molecule is C=Cc1ccc(O)c([C@@H]2CCCN2)c1. The molecule has 1 heterocycles. The van der Waals surface area contributed by atoms with E-state index in [4.69, 9.17) is 0 Å². The van der Waals surface area contributed by atoms with E-state index in [1.165, 1.54) is 6.42 Å². The third-order valence-corrected chi connectivity index (χ3v) is 2.72. The van der Waals surface area contributed by atoms with Crippen LogP contribution in [0.1, 0.15) is 30.0 Å². The fourth-order valence-electron chi connectivity index (χ4n) is 1.93. The zero-order valence-electron chi connectivity index (χ0n) is 8.16. The third kappa shape index (κ3) is 1.66. The molecule has 2 heteroatoms. The Morgan fingerprint density at radius 3 is 3.00 bits per heavy atom. The highest BCUT2D eigenvalue weighted by Gasteiger charge is 2.18. The summed E-state index contributed by atoms with van der Waals surface area (Å²) in [7, 11) is 0. The van der Waals surface area contributed by atoms with Crippen molar-refractivity contribution >= 4 is 6.08 Å². The van der Waals surface area contributed by atoms with Crippen molar-refractivity contribution in [2.75, 3.05) is 6.54 Å². The van der Waals surface area contributed by atoms with Crippen LogP contribution in [0.25, 0.3) is 6.08 Å². The lowest BCUT2D eigenvalue weighted by molar-refractivity contribution is 0.457. The van der Waals surface area contributed by atoms with Gasteiger partial charge in [-0.3, -0.25) is 0 Å². The van der Waals surface area contributed by atoms with E-state index in [1.807, 2.05) is 12.1 Å². The number of rotatable bonds is 2. The molecule has 1 aliphatic rings. The van der Waals surface area contributed by atoms with E-state index in [0.717, 1.165) is 24.1 Å². The molecular weight excluding hydrogens is 174 g/mol. The summed E-state index contributed by atoms with van der Waals surface area (Å²) < 4.78 is 0. The summed E-state index contributed by atoms with van der Waals surface area (Å²) in [6, 6.07) is 5.94. The summed E-state index contributed by atoms with van der Waals surface area (Å²) in [6.45, 7) is 4.77. The average molecular weight is 189 g/mol. The first-order valence-corrected chi connectivity index (χ1v) is 5.00. The van der Waals surface area contributed by atoms with Crippen LogP contribution in [0.2, 0.25) is 0 Å². The molecule has 0 aromatic heterocycles. The summed E-state index contributed by atoms with van der Waals surface area (Å²) in [4.78, 5) is 0. The topological polar surface area (TPSA) is 32.3 Å². The smallest absolute Gasteiger partial charge is 0.120 e. The van der Waals surface area contributed by atoms with Crippen LogP contribution in [0.3, 0.4) is 0 Å². The van der Waals surface area contributed by atoms with E-state index in [-0.39, 0.29) is 0 Å². The molecule has 0 bridgehead atoms. The molecule has 1 atom stereocenters. The van der Waals surface area contributed by atoms with Crippen LogP contribution in [0.15, 0.2) is 24.8 Å². The molecule has 0 aliphatic carbocycles. The van der Waals surface area contributed by atoms with Gasteiger partial charge in [0.2, 0.25) is 0 Å². The van der Waals surface area contributed by atoms with Gasteiger partial charge in [0.1, 0.15) is 5.75 Å². The van der Waals surface area contributed by atoms with Crippen LogP contribution >= 0.6 is 0 Å². The molecule has 1 aliphatic heterocycles. The molecule has 0 amide bonds. The van der Waals surface area contributed by atoms with E-state index >= 15 is 0 Å². The van der Waals surface area contributed by atoms with Crippen LogP contribution in [-0.4, -0.2) is 11.7 Å². The fourth-order valence-corrected chi connectivity index (χ4v) is 1.93. The summed E-state index contributed by atoms with van der Waals surface area (Å²) in [5.74, 6) is 0.384. The van der Waals surface area contributed by atoms with E-state index in [9.17, 15) is 5.11 Å². The Kier molecular flexibility index (Phi) is 2.55. The molecule has 74 valence electrons. The van der Waals surface area contributed by atoms with Crippen molar-refractivity contribution in [1.29, 1.82) is 0 Å². The maximum atomic E-state index is 9.72. The van der Waals surface area contributed by atoms with Gasteiger partial charge in [-0.05, 0) is 37.1 Å². The summed E-state index contributed by atoms with van der Waals surface area (Å²) in [5, 5.41) is 13.1. The molecular formula is C12H15NO. The van der Waals surface area contributed by atoms with Gasteiger partial charge in [0.05, 0.1) is 0 Å². The van der Waals surface area contributed by atoms with Gasteiger partial charge in [-0.2, -0.15) is 0 Å².